The van der Waals surface area contributed by atoms with Crippen LogP contribution in [0.25, 0.3) is 0 Å². The molecule has 50 valence electrons. The molecule has 0 aromatic heterocycles. The molecule has 2 heteroatoms. The number of nitrogens with two attached hydrogens (primary N) is 1. The number of allylic oxidation sites excluding steroid dienone is 2. The summed E-state index contributed by atoms with van der Waals surface area (Å²) in [6, 6.07) is 0. The molecule has 2 nitrogen and oxygen atoms in total. The second-order valence-electron chi connectivity index (χ2n) is 1.41. The molecule has 0 aliphatic carbocycles. The highest BCUT2D eigenvalue weighted by Crippen LogP contribution is 2.00. The third-order valence-electron chi connectivity index (χ3n) is 0.879. The SMILES string of the molecule is C=C/C(N)=C(\C=C)N=C.[HH]. The van der Waals surface area contributed by atoms with Crippen LogP contribution in [-0.2, 0) is 0 Å². The number of aliphatic imine (C=N–C) groups is 1. The third-order valence-corrected chi connectivity index (χ3v) is 0.879. The van der Waals surface area contributed by atoms with Crippen molar-refractivity contribution < 1.29 is 1.43 Å². The van der Waals surface area contributed by atoms with Crippen molar-refractivity contribution in [2.24, 2.45) is 10.7 Å². The first-order valence-electron chi connectivity index (χ1n) is 2.47. The molecule has 0 radical (unpaired) electrons. The number of hydrogen-bond acceptors (Lipinski definition) is 2. The highest BCUT2D eigenvalue weighted by Gasteiger charge is 1.87. The van der Waals surface area contributed by atoms with Gasteiger partial charge in [-0.05, 0) is 18.9 Å². The van der Waals surface area contributed by atoms with Crippen LogP contribution < -0.4 is 5.73 Å². The number of hydrogen-bond donors (Lipinski definition) is 1. The summed E-state index contributed by atoms with van der Waals surface area (Å²) in [7, 11) is 0. The fourth-order valence-electron chi connectivity index (χ4n) is 0.378. The van der Waals surface area contributed by atoms with Crippen LogP contribution in [0.1, 0.15) is 1.43 Å². The van der Waals surface area contributed by atoms with Crippen LogP contribution in [0.2, 0.25) is 0 Å². The molecule has 0 amide bonds. The van der Waals surface area contributed by atoms with E-state index in [2.05, 4.69) is 24.9 Å². The van der Waals surface area contributed by atoms with Crippen molar-refractivity contribution in [2.75, 3.05) is 0 Å². The minimum absolute atomic E-state index is 0. The maximum atomic E-state index is 5.39. The molecule has 0 aromatic rings. The summed E-state index contributed by atoms with van der Waals surface area (Å²) in [5.41, 5.74) is 6.47. The van der Waals surface area contributed by atoms with E-state index in [0.29, 0.717) is 11.4 Å². The standard InChI is InChI=1S/C7H10N2.H2/c1-4-6(8)7(5-2)9-3;/h4-5H,1-3,8H2;1H/b7-6-;. The zero-order valence-electron chi connectivity index (χ0n) is 5.30. The van der Waals surface area contributed by atoms with Gasteiger partial charge in [0.1, 0.15) is 0 Å². The van der Waals surface area contributed by atoms with Crippen molar-refractivity contribution in [3.05, 3.63) is 36.7 Å². The minimum Gasteiger partial charge on any atom is -0.397 e. The molecule has 0 spiro atoms. The molecule has 0 bridgehead atoms. The van der Waals surface area contributed by atoms with Crippen molar-refractivity contribution in [1.82, 2.24) is 0 Å². The molecule has 0 aliphatic rings. The van der Waals surface area contributed by atoms with E-state index in [4.69, 9.17) is 5.73 Å². The van der Waals surface area contributed by atoms with E-state index in [1.54, 1.807) is 0 Å². The summed E-state index contributed by atoms with van der Waals surface area (Å²) in [5, 5.41) is 0. The van der Waals surface area contributed by atoms with Gasteiger partial charge in [-0.25, -0.2) is 0 Å². The Balaban J connectivity index is 0. The predicted molar refractivity (Wildman–Crippen MR) is 43.3 cm³/mol. The van der Waals surface area contributed by atoms with Gasteiger partial charge in [0, 0.05) is 1.43 Å². The van der Waals surface area contributed by atoms with E-state index < -0.39 is 0 Å². The highest BCUT2D eigenvalue weighted by molar-refractivity contribution is 5.37. The van der Waals surface area contributed by atoms with E-state index in [-0.39, 0.29) is 1.43 Å². The van der Waals surface area contributed by atoms with E-state index in [1.807, 2.05) is 0 Å². The van der Waals surface area contributed by atoms with Gasteiger partial charge in [0.15, 0.2) is 0 Å². The average molecular weight is 124 g/mol. The lowest BCUT2D eigenvalue weighted by molar-refractivity contribution is 1.29. The van der Waals surface area contributed by atoms with Crippen molar-refractivity contribution in [1.29, 1.82) is 0 Å². The zero-order valence-corrected chi connectivity index (χ0v) is 5.30. The first-order valence-corrected chi connectivity index (χ1v) is 2.47. The van der Waals surface area contributed by atoms with E-state index >= 15 is 0 Å². The van der Waals surface area contributed by atoms with Gasteiger partial charge in [-0.2, -0.15) is 0 Å². The molecule has 0 fully saturated rings. The Labute approximate surface area is 56.6 Å². The molecular weight excluding hydrogens is 112 g/mol. The first kappa shape index (κ1) is 7.69. The predicted octanol–water partition coefficient (Wildman–Crippen LogP) is 1.48. The molecule has 0 atom stereocenters. The van der Waals surface area contributed by atoms with Gasteiger partial charge >= 0.3 is 0 Å². The van der Waals surface area contributed by atoms with Crippen LogP contribution in [0.5, 0.6) is 0 Å². The molecule has 0 saturated carbocycles. The lowest BCUT2D eigenvalue weighted by Crippen LogP contribution is -1.95. The summed E-state index contributed by atoms with van der Waals surface area (Å²) >= 11 is 0. The lowest BCUT2D eigenvalue weighted by Gasteiger charge is -1.93. The second kappa shape index (κ2) is 3.66. The van der Waals surface area contributed by atoms with Gasteiger partial charge in [-0.1, -0.05) is 13.2 Å². The van der Waals surface area contributed by atoms with Gasteiger partial charge in [0.05, 0.1) is 11.4 Å². The van der Waals surface area contributed by atoms with Gasteiger partial charge < -0.3 is 5.73 Å². The molecule has 0 heterocycles. The van der Waals surface area contributed by atoms with Gasteiger partial charge in [0.25, 0.3) is 0 Å². The Kier molecular flexibility index (Phi) is 3.13. The quantitative estimate of drug-likeness (QED) is 0.449. The topological polar surface area (TPSA) is 38.4 Å². The molecule has 0 saturated heterocycles. The van der Waals surface area contributed by atoms with E-state index in [1.165, 1.54) is 12.2 Å². The minimum atomic E-state index is 0. The largest absolute Gasteiger partial charge is 0.397 e. The molecule has 0 unspecified atom stereocenters. The Morgan fingerprint density at radius 2 is 2.00 bits per heavy atom. The van der Waals surface area contributed by atoms with Crippen molar-refractivity contribution in [3.8, 4) is 0 Å². The van der Waals surface area contributed by atoms with Crippen LogP contribution in [0.3, 0.4) is 0 Å². The molecular formula is C7H12N2. The smallest absolute Gasteiger partial charge is 0.0845 e. The van der Waals surface area contributed by atoms with Crippen LogP contribution in [-0.4, -0.2) is 6.72 Å². The van der Waals surface area contributed by atoms with Crippen molar-refractivity contribution in [2.45, 2.75) is 0 Å². The molecule has 9 heavy (non-hydrogen) atoms. The summed E-state index contributed by atoms with van der Waals surface area (Å²) in [5.74, 6) is 0. The Hall–Kier alpha value is -1.31. The van der Waals surface area contributed by atoms with E-state index in [0.717, 1.165) is 0 Å². The zero-order chi connectivity index (χ0) is 7.28. The van der Waals surface area contributed by atoms with Gasteiger partial charge in [0.2, 0.25) is 0 Å². The molecule has 0 aromatic carbocycles. The van der Waals surface area contributed by atoms with Crippen LogP contribution >= 0.6 is 0 Å². The maximum Gasteiger partial charge on any atom is 0.0845 e. The maximum absolute atomic E-state index is 5.39. The third kappa shape index (κ3) is 1.95. The highest BCUT2D eigenvalue weighted by atomic mass is 14.7. The first-order chi connectivity index (χ1) is 4.26. The molecule has 0 rings (SSSR count). The van der Waals surface area contributed by atoms with Gasteiger partial charge in [-0.15, -0.1) is 0 Å². The Bertz CT molecular complexity index is 160. The monoisotopic (exact) mass is 124 g/mol. The summed E-state index contributed by atoms with van der Waals surface area (Å²) in [6.45, 7) is 10.2. The van der Waals surface area contributed by atoms with Crippen LogP contribution in [0.15, 0.2) is 41.7 Å². The van der Waals surface area contributed by atoms with E-state index in [9.17, 15) is 0 Å². The lowest BCUT2D eigenvalue weighted by atomic mass is 10.3. The van der Waals surface area contributed by atoms with Crippen LogP contribution in [0.4, 0.5) is 0 Å². The second-order valence-corrected chi connectivity index (χ2v) is 1.41. The normalized spacial score (nSPS) is 11.6. The van der Waals surface area contributed by atoms with Crippen molar-refractivity contribution in [3.63, 3.8) is 0 Å². The Morgan fingerprint density at radius 1 is 1.44 bits per heavy atom. The summed E-state index contributed by atoms with van der Waals surface area (Å²) < 4.78 is 0. The number of nitrogens with zero attached hydrogens (tertiary/aromatic N) is 1. The number of rotatable bonds is 3. The average Bonchev–Trinajstić information content (AvgIpc) is 1.90. The van der Waals surface area contributed by atoms with Crippen LogP contribution in [0, 0.1) is 0 Å². The molecule has 2 N–H and O–H groups in total. The summed E-state index contributed by atoms with van der Waals surface area (Å²) in [6.07, 6.45) is 3.04. The fraction of sp³-hybridized carbons (Fsp3) is 0. The van der Waals surface area contributed by atoms with Crippen molar-refractivity contribution >= 4 is 6.72 Å². The fourth-order valence-corrected chi connectivity index (χ4v) is 0.378. The summed E-state index contributed by atoms with van der Waals surface area (Å²) in [4.78, 5) is 3.59. The Morgan fingerprint density at radius 3 is 2.11 bits per heavy atom. The van der Waals surface area contributed by atoms with Gasteiger partial charge in [-0.3, -0.25) is 4.99 Å². The molecule has 0 aliphatic heterocycles.